The van der Waals surface area contributed by atoms with Crippen LogP contribution < -0.4 is 5.73 Å². The predicted molar refractivity (Wildman–Crippen MR) is 46.3 cm³/mol. The van der Waals surface area contributed by atoms with E-state index >= 15 is 0 Å². The molecule has 2 heteroatoms. The summed E-state index contributed by atoms with van der Waals surface area (Å²) in [6, 6.07) is 5.22. The largest absolute Gasteiger partial charge is 0.324 e. The second-order valence-corrected chi connectivity index (χ2v) is 3.31. The second-order valence-electron chi connectivity index (χ2n) is 3.31. The molecule has 0 aromatic heterocycles. The minimum Gasteiger partial charge on any atom is -0.324 e. The highest BCUT2D eigenvalue weighted by Crippen LogP contribution is 2.29. The summed E-state index contributed by atoms with van der Waals surface area (Å²) in [4.78, 5) is 0. The van der Waals surface area contributed by atoms with Gasteiger partial charge in [0.15, 0.2) is 0 Å². The lowest BCUT2D eigenvalue weighted by Gasteiger charge is -2.22. The Morgan fingerprint density at radius 1 is 1.42 bits per heavy atom. The van der Waals surface area contributed by atoms with E-state index in [9.17, 15) is 4.39 Å². The van der Waals surface area contributed by atoms with Crippen molar-refractivity contribution >= 4 is 0 Å². The highest BCUT2D eigenvalue weighted by molar-refractivity contribution is 5.33. The summed E-state index contributed by atoms with van der Waals surface area (Å²) >= 11 is 0. The lowest BCUT2D eigenvalue weighted by Crippen LogP contribution is -2.18. The third-order valence-corrected chi connectivity index (χ3v) is 2.50. The highest BCUT2D eigenvalue weighted by Gasteiger charge is 2.18. The molecule has 0 amide bonds. The van der Waals surface area contributed by atoms with Crippen molar-refractivity contribution in [3.05, 3.63) is 35.1 Å². The number of nitrogens with two attached hydrogens (primary N) is 1. The van der Waals surface area contributed by atoms with Gasteiger partial charge >= 0.3 is 0 Å². The maximum Gasteiger partial charge on any atom is 0.126 e. The normalized spacial score (nSPS) is 22.0. The molecule has 1 atom stereocenters. The van der Waals surface area contributed by atoms with Crippen molar-refractivity contribution in [2.45, 2.75) is 25.3 Å². The fraction of sp³-hybridized carbons (Fsp3) is 0.400. The Balaban J connectivity index is 2.52. The van der Waals surface area contributed by atoms with Gasteiger partial charge in [0.2, 0.25) is 0 Å². The number of benzene rings is 1. The van der Waals surface area contributed by atoms with Crippen molar-refractivity contribution in [1.29, 1.82) is 0 Å². The molecule has 1 aliphatic carbocycles. The van der Waals surface area contributed by atoms with Crippen LogP contribution in [0.1, 0.15) is 30.0 Å². The van der Waals surface area contributed by atoms with E-state index in [-0.39, 0.29) is 11.9 Å². The van der Waals surface area contributed by atoms with Crippen LogP contribution in [-0.2, 0) is 6.42 Å². The maximum absolute atomic E-state index is 13.2. The third-order valence-electron chi connectivity index (χ3n) is 2.50. The first kappa shape index (κ1) is 7.74. The Kier molecular flexibility index (Phi) is 1.85. The van der Waals surface area contributed by atoms with Crippen molar-refractivity contribution < 1.29 is 4.39 Å². The second kappa shape index (κ2) is 2.87. The molecular formula is C10H12FN. The summed E-state index contributed by atoms with van der Waals surface area (Å²) in [5, 5.41) is 0. The van der Waals surface area contributed by atoms with Crippen LogP contribution >= 0.6 is 0 Å². The number of fused-ring (bicyclic) bond motifs is 1. The molecule has 12 heavy (non-hydrogen) atoms. The van der Waals surface area contributed by atoms with Crippen molar-refractivity contribution in [1.82, 2.24) is 0 Å². The fourth-order valence-corrected chi connectivity index (χ4v) is 1.84. The topological polar surface area (TPSA) is 26.0 Å². The van der Waals surface area contributed by atoms with Gasteiger partial charge in [-0.2, -0.15) is 0 Å². The lowest BCUT2D eigenvalue weighted by atomic mass is 9.88. The zero-order valence-electron chi connectivity index (χ0n) is 6.89. The van der Waals surface area contributed by atoms with Crippen LogP contribution in [0.5, 0.6) is 0 Å². The fourth-order valence-electron chi connectivity index (χ4n) is 1.84. The molecule has 0 saturated carbocycles. The van der Waals surface area contributed by atoms with Gasteiger partial charge in [0.05, 0.1) is 0 Å². The van der Waals surface area contributed by atoms with Gasteiger partial charge in [-0.3, -0.25) is 0 Å². The highest BCUT2D eigenvalue weighted by atomic mass is 19.1. The van der Waals surface area contributed by atoms with Gasteiger partial charge in [0.25, 0.3) is 0 Å². The average molecular weight is 165 g/mol. The van der Waals surface area contributed by atoms with Crippen LogP contribution in [0.2, 0.25) is 0 Å². The molecule has 1 unspecified atom stereocenters. The molecule has 0 spiro atoms. The molecule has 0 saturated heterocycles. The molecule has 1 aromatic rings. The Labute approximate surface area is 71.4 Å². The minimum absolute atomic E-state index is 0.0458. The Morgan fingerprint density at radius 3 is 3.00 bits per heavy atom. The average Bonchev–Trinajstić information content (AvgIpc) is 2.07. The first-order chi connectivity index (χ1) is 5.79. The molecular weight excluding hydrogens is 153 g/mol. The van der Waals surface area contributed by atoms with E-state index in [2.05, 4.69) is 0 Å². The van der Waals surface area contributed by atoms with Gasteiger partial charge in [0, 0.05) is 6.04 Å². The van der Waals surface area contributed by atoms with E-state index in [1.165, 1.54) is 6.07 Å². The molecule has 0 heterocycles. The monoisotopic (exact) mass is 165 g/mol. The molecule has 1 aliphatic rings. The van der Waals surface area contributed by atoms with Crippen molar-refractivity contribution in [3.63, 3.8) is 0 Å². The van der Waals surface area contributed by atoms with Gasteiger partial charge in [0.1, 0.15) is 5.82 Å². The zero-order valence-corrected chi connectivity index (χ0v) is 6.89. The molecule has 2 N–H and O–H groups in total. The van der Waals surface area contributed by atoms with Gasteiger partial charge in [-0.15, -0.1) is 0 Å². The first-order valence-electron chi connectivity index (χ1n) is 4.32. The van der Waals surface area contributed by atoms with Crippen LogP contribution in [0.15, 0.2) is 18.2 Å². The number of hydrogen-bond acceptors (Lipinski definition) is 1. The summed E-state index contributed by atoms with van der Waals surface area (Å²) in [6.45, 7) is 0. The molecule has 2 rings (SSSR count). The summed E-state index contributed by atoms with van der Waals surface area (Å²) in [5.41, 5.74) is 7.68. The van der Waals surface area contributed by atoms with E-state index in [0.29, 0.717) is 0 Å². The van der Waals surface area contributed by atoms with Crippen molar-refractivity contribution in [2.24, 2.45) is 5.73 Å². The van der Waals surface area contributed by atoms with Crippen LogP contribution in [0, 0.1) is 5.82 Å². The van der Waals surface area contributed by atoms with Crippen molar-refractivity contribution in [2.75, 3.05) is 0 Å². The summed E-state index contributed by atoms with van der Waals surface area (Å²) in [5.74, 6) is -0.0948. The molecule has 0 aliphatic heterocycles. The van der Waals surface area contributed by atoms with Gasteiger partial charge in [-0.25, -0.2) is 4.39 Å². The smallest absolute Gasteiger partial charge is 0.126 e. The van der Waals surface area contributed by atoms with Gasteiger partial charge in [-0.1, -0.05) is 12.1 Å². The van der Waals surface area contributed by atoms with Crippen LogP contribution in [0.4, 0.5) is 4.39 Å². The Morgan fingerprint density at radius 2 is 2.25 bits per heavy atom. The van der Waals surface area contributed by atoms with E-state index < -0.39 is 0 Å². The third kappa shape index (κ3) is 1.12. The lowest BCUT2D eigenvalue weighted by molar-refractivity contribution is 0.531. The molecule has 0 bridgehead atoms. The minimum atomic E-state index is -0.0948. The Bertz CT molecular complexity index is 296. The van der Waals surface area contributed by atoms with Crippen LogP contribution in [0.3, 0.4) is 0 Å². The summed E-state index contributed by atoms with van der Waals surface area (Å²) in [7, 11) is 0. The standard InChI is InChI=1S/C10H12FN/c11-9-5-1-4-8-7(9)3-2-6-10(8)12/h1,4-5,10H,2-3,6,12H2. The number of halogens is 1. The molecule has 1 aromatic carbocycles. The van der Waals surface area contributed by atoms with E-state index in [0.717, 1.165) is 30.4 Å². The Hall–Kier alpha value is -0.890. The number of rotatable bonds is 0. The first-order valence-corrected chi connectivity index (χ1v) is 4.32. The van der Waals surface area contributed by atoms with Gasteiger partial charge < -0.3 is 5.73 Å². The SMILES string of the molecule is NC1CCCc2c(F)cccc21. The van der Waals surface area contributed by atoms with E-state index in [1.54, 1.807) is 6.07 Å². The molecule has 0 fully saturated rings. The summed E-state index contributed by atoms with van der Waals surface area (Å²) in [6.07, 6.45) is 2.83. The molecule has 1 nitrogen and oxygen atoms in total. The van der Waals surface area contributed by atoms with Crippen LogP contribution in [-0.4, -0.2) is 0 Å². The van der Waals surface area contributed by atoms with Gasteiger partial charge in [-0.05, 0) is 36.5 Å². The molecule has 0 radical (unpaired) electrons. The predicted octanol–water partition coefficient (Wildman–Crippen LogP) is 2.16. The summed E-state index contributed by atoms with van der Waals surface area (Å²) < 4.78 is 13.2. The zero-order chi connectivity index (χ0) is 8.55. The van der Waals surface area contributed by atoms with E-state index in [4.69, 9.17) is 5.73 Å². The quantitative estimate of drug-likeness (QED) is 0.626. The maximum atomic E-state index is 13.2. The van der Waals surface area contributed by atoms with E-state index in [1.807, 2.05) is 6.07 Å². The van der Waals surface area contributed by atoms with Crippen LogP contribution in [0.25, 0.3) is 0 Å². The molecule has 64 valence electrons. The van der Waals surface area contributed by atoms with Crippen molar-refractivity contribution in [3.8, 4) is 0 Å². The number of hydrogen-bond donors (Lipinski definition) is 1.